The van der Waals surface area contributed by atoms with Gasteiger partial charge < -0.3 is 14.7 Å². The van der Waals surface area contributed by atoms with Gasteiger partial charge in [-0.05, 0) is 18.9 Å². The molecular formula is C13H16ClFN2O4. The zero-order valence-corrected chi connectivity index (χ0v) is 12.1. The van der Waals surface area contributed by atoms with Gasteiger partial charge in [-0.15, -0.1) is 0 Å². The highest BCUT2D eigenvalue weighted by Crippen LogP contribution is 2.34. The quantitative estimate of drug-likeness (QED) is 0.666. The summed E-state index contributed by atoms with van der Waals surface area (Å²) < 4.78 is 18.8. The molecule has 1 aromatic rings. The van der Waals surface area contributed by atoms with Gasteiger partial charge in [0.15, 0.2) is 0 Å². The Morgan fingerprint density at radius 2 is 2.14 bits per heavy atom. The van der Waals surface area contributed by atoms with Gasteiger partial charge in [-0.25, -0.2) is 4.39 Å². The molecule has 116 valence electrons. The largest absolute Gasteiger partial charge is 0.394 e. The van der Waals surface area contributed by atoms with E-state index in [2.05, 4.69) is 0 Å². The van der Waals surface area contributed by atoms with Gasteiger partial charge in [0.05, 0.1) is 35.3 Å². The molecule has 1 fully saturated rings. The van der Waals surface area contributed by atoms with Gasteiger partial charge in [0.1, 0.15) is 11.5 Å². The average molecular weight is 319 g/mol. The Labute approximate surface area is 126 Å². The fourth-order valence-corrected chi connectivity index (χ4v) is 2.57. The van der Waals surface area contributed by atoms with E-state index in [1.807, 2.05) is 4.90 Å². The first kappa shape index (κ1) is 15.9. The van der Waals surface area contributed by atoms with E-state index < -0.39 is 10.7 Å². The molecule has 0 aromatic heterocycles. The first-order valence-electron chi connectivity index (χ1n) is 6.63. The lowest BCUT2D eigenvalue weighted by molar-refractivity contribution is -0.384. The van der Waals surface area contributed by atoms with Crippen LogP contribution in [0.4, 0.5) is 15.8 Å². The van der Waals surface area contributed by atoms with Gasteiger partial charge in [0, 0.05) is 13.1 Å². The third kappa shape index (κ3) is 3.81. The molecule has 0 atom stereocenters. The Kier molecular flexibility index (Phi) is 5.33. The number of ether oxygens (including phenoxy) is 1. The summed E-state index contributed by atoms with van der Waals surface area (Å²) in [6, 6.07) is 2.15. The Morgan fingerprint density at radius 3 is 2.71 bits per heavy atom. The van der Waals surface area contributed by atoms with E-state index in [1.54, 1.807) is 0 Å². The molecule has 0 radical (unpaired) electrons. The van der Waals surface area contributed by atoms with Crippen LogP contribution >= 0.6 is 11.6 Å². The van der Waals surface area contributed by atoms with E-state index in [9.17, 15) is 14.5 Å². The van der Waals surface area contributed by atoms with Crippen molar-refractivity contribution in [1.29, 1.82) is 0 Å². The maximum Gasteiger partial charge on any atom is 0.295 e. The van der Waals surface area contributed by atoms with Crippen LogP contribution in [0.2, 0.25) is 5.02 Å². The van der Waals surface area contributed by atoms with Crippen LogP contribution in [0, 0.1) is 15.9 Å². The van der Waals surface area contributed by atoms with Crippen molar-refractivity contribution in [3.63, 3.8) is 0 Å². The Balaban J connectivity index is 2.12. The number of aliphatic hydroxyl groups is 1. The van der Waals surface area contributed by atoms with Crippen molar-refractivity contribution in [1.82, 2.24) is 0 Å². The number of hydrogen-bond acceptors (Lipinski definition) is 5. The van der Waals surface area contributed by atoms with Crippen molar-refractivity contribution in [2.24, 2.45) is 0 Å². The first-order valence-corrected chi connectivity index (χ1v) is 7.01. The van der Waals surface area contributed by atoms with Crippen molar-refractivity contribution < 1.29 is 19.2 Å². The Hall–Kier alpha value is -1.44. The van der Waals surface area contributed by atoms with E-state index >= 15 is 0 Å². The van der Waals surface area contributed by atoms with Crippen molar-refractivity contribution >= 4 is 23.0 Å². The van der Waals surface area contributed by atoms with Crippen LogP contribution in [0.5, 0.6) is 0 Å². The average Bonchev–Trinajstić information content (AvgIpc) is 2.48. The number of benzene rings is 1. The molecular weight excluding hydrogens is 303 g/mol. The van der Waals surface area contributed by atoms with Gasteiger partial charge in [-0.2, -0.15) is 0 Å². The lowest BCUT2D eigenvalue weighted by Crippen LogP contribution is -2.37. The molecule has 8 heteroatoms. The second kappa shape index (κ2) is 7.02. The van der Waals surface area contributed by atoms with Crippen LogP contribution in [-0.4, -0.2) is 42.4 Å². The second-order valence-corrected chi connectivity index (χ2v) is 5.20. The first-order chi connectivity index (χ1) is 10.0. The summed E-state index contributed by atoms with van der Waals surface area (Å²) in [5.41, 5.74) is 0.0404. The van der Waals surface area contributed by atoms with E-state index in [4.69, 9.17) is 21.4 Å². The molecule has 0 unspecified atom stereocenters. The number of piperidine rings is 1. The molecule has 0 bridgehead atoms. The number of hydrogen-bond donors (Lipinski definition) is 1. The highest BCUT2D eigenvalue weighted by molar-refractivity contribution is 6.31. The smallest absolute Gasteiger partial charge is 0.295 e. The monoisotopic (exact) mass is 318 g/mol. The van der Waals surface area contributed by atoms with Crippen molar-refractivity contribution in [3.8, 4) is 0 Å². The summed E-state index contributed by atoms with van der Waals surface area (Å²) in [6.07, 6.45) is 1.40. The SMILES string of the molecule is O=[N+]([O-])c1cc(F)c(Cl)cc1N1CCC(OCCO)CC1. The summed E-state index contributed by atoms with van der Waals surface area (Å²) in [7, 11) is 0. The minimum absolute atomic E-state index is 0.0285. The fraction of sp³-hybridized carbons (Fsp3) is 0.538. The van der Waals surface area contributed by atoms with Crippen molar-refractivity contribution in [2.45, 2.75) is 18.9 Å². The van der Waals surface area contributed by atoms with Gasteiger partial charge in [-0.3, -0.25) is 10.1 Å². The highest BCUT2D eigenvalue weighted by Gasteiger charge is 2.26. The number of nitro groups is 1. The zero-order chi connectivity index (χ0) is 15.4. The molecule has 1 aliphatic heterocycles. The summed E-state index contributed by atoms with van der Waals surface area (Å²) >= 11 is 5.73. The summed E-state index contributed by atoms with van der Waals surface area (Å²) in [4.78, 5) is 12.3. The maximum absolute atomic E-state index is 13.4. The fourth-order valence-electron chi connectivity index (χ4n) is 2.41. The Morgan fingerprint density at radius 1 is 1.48 bits per heavy atom. The van der Waals surface area contributed by atoms with Gasteiger partial charge >= 0.3 is 0 Å². The molecule has 0 amide bonds. The molecule has 0 aliphatic carbocycles. The topological polar surface area (TPSA) is 75.8 Å². The lowest BCUT2D eigenvalue weighted by atomic mass is 10.1. The summed E-state index contributed by atoms with van der Waals surface area (Å²) in [5, 5.41) is 19.6. The zero-order valence-electron chi connectivity index (χ0n) is 11.3. The van der Waals surface area contributed by atoms with Gasteiger partial charge in [0.25, 0.3) is 5.69 Å². The molecule has 0 saturated carbocycles. The van der Waals surface area contributed by atoms with Crippen LogP contribution in [0.25, 0.3) is 0 Å². The van der Waals surface area contributed by atoms with Crippen LogP contribution in [0.15, 0.2) is 12.1 Å². The molecule has 6 nitrogen and oxygen atoms in total. The normalized spacial score (nSPS) is 16.2. The third-order valence-corrected chi connectivity index (χ3v) is 3.73. The van der Waals surface area contributed by atoms with Crippen LogP contribution in [0.3, 0.4) is 0 Å². The number of nitro benzene ring substituents is 1. The van der Waals surface area contributed by atoms with Crippen LogP contribution in [-0.2, 0) is 4.74 Å². The maximum atomic E-state index is 13.4. The summed E-state index contributed by atoms with van der Waals surface area (Å²) in [6.45, 7) is 1.37. The second-order valence-electron chi connectivity index (χ2n) is 4.79. The number of halogens is 2. The number of aliphatic hydroxyl groups excluding tert-OH is 1. The Bertz CT molecular complexity index is 521. The van der Waals surface area contributed by atoms with Gasteiger partial charge in [0.2, 0.25) is 0 Å². The molecule has 0 spiro atoms. The molecule has 1 N–H and O–H groups in total. The minimum Gasteiger partial charge on any atom is -0.394 e. The van der Waals surface area contributed by atoms with Crippen molar-refractivity contribution in [3.05, 3.63) is 33.1 Å². The predicted molar refractivity (Wildman–Crippen MR) is 76.3 cm³/mol. The van der Waals surface area contributed by atoms with E-state index in [-0.39, 0.29) is 30.0 Å². The number of rotatable bonds is 5. The highest BCUT2D eigenvalue weighted by atomic mass is 35.5. The van der Waals surface area contributed by atoms with E-state index in [1.165, 1.54) is 6.07 Å². The molecule has 1 aliphatic rings. The van der Waals surface area contributed by atoms with Crippen LogP contribution in [0.1, 0.15) is 12.8 Å². The molecule has 21 heavy (non-hydrogen) atoms. The molecule has 1 heterocycles. The molecule has 1 saturated heterocycles. The summed E-state index contributed by atoms with van der Waals surface area (Å²) in [5.74, 6) is -0.798. The van der Waals surface area contributed by atoms with E-state index in [0.29, 0.717) is 31.6 Å². The van der Waals surface area contributed by atoms with Crippen LogP contribution < -0.4 is 4.90 Å². The van der Waals surface area contributed by atoms with Crippen molar-refractivity contribution in [2.75, 3.05) is 31.2 Å². The number of nitrogens with zero attached hydrogens (tertiary/aromatic N) is 2. The standard InChI is InChI=1S/C13H16ClFN2O4/c14-10-7-12(13(17(19)20)8-11(10)15)16-3-1-9(2-4-16)21-6-5-18/h7-9,18H,1-6H2. The predicted octanol–water partition coefficient (Wildman–Crippen LogP) is 2.37. The minimum atomic E-state index is -0.798. The molecule has 1 aromatic carbocycles. The lowest BCUT2D eigenvalue weighted by Gasteiger charge is -2.33. The number of anilines is 1. The molecule has 2 rings (SSSR count). The van der Waals surface area contributed by atoms with E-state index in [0.717, 1.165) is 6.07 Å². The third-order valence-electron chi connectivity index (χ3n) is 3.44. The van der Waals surface area contributed by atoms with Gasteiger partial charge in [-0.1, -0.05) is 11.6 Å².